The lowest BCUT2D eigenvalue weighted by Crippen LogP contribution is -2.04. The third-order valence-corrected chi connectivity index (χ3v) is 2.82. The summed E-state index contributed by atoms with van der Waals surface area (Å²) in [5.41, 5.74) is 0. The molecule has 2 heterocycles. The van der Waals surface area contributed by atoms with Gasteiger partial charge >= 0.3 is 0 Å². The van der Waals surface area contributed by atoms with Gasteiger partial charge in [-0.1, -0.05) is 13.8 Å². The second kappa shape index (κ2) is 6.74. The first kappa shape index (κ1) is 15.0. The zero-order chi connectivity index (χ0) is 14.3. The first-order valence-electron chi connectivity index (χ1n) is 5.62. The summed E-state index contributed by atoms with van der Waals surface area (Å²) in [7, 11) is -3.32. The lowest BCUT2D eigenvalue weighted by Gasteiger charge is -2.03. The van der Waals surface area contributed by atoms with Crippen LogP contribution in [0.15, 0.2) is 35.7 Å². The average Bonchev–Trinajstić information content (AvgIpc) is 2.42. The van der Waals surface area contributed by atoms with E-state index in [-0.39, 0.29) is 5.03 Å². The summed E-state index contributed by atoms with van der Waals surface area (Å²) in [6, 6.07) is 2.89. The molecule has 2 aromatic rings. The summed E-state index contributed by atoms with van der Waals surface area (Å²) in [5.74, 6) is 0.909. The largest absolute Gasteiger partial charge is 0.322 e. The van der Waals surface area contributed by atoms with Crippen molar-refractivity contribution in [1.29, 1.82) is 0 Å². The number of anilines is 2. The van der Waals surface area contributed by atoms with Gasteiger partial charge in [0, 0.05) is 18.6 Å². The van der Waals surface area contributed by atoms with Gasteiger partial charge in [0.2, 0.25) is 0 Å². The molecule has 0 spiro atoms. The molecule has 2 rings (SSSR count). The van der Waals surface area contributed by atoms with E-state index in [1.54, 1.807) is 6.20 Å². The average molecular weight is 281 g/mol. The molecular formula is C11H15N5O2S. The van der Waals surface area contributed by atoms with E-state index < -0.39 is 9.84 Å². The molecule has 0 atom stereocenters. The minimum Gasteiger partial charge on any atom is -0.322 e. The van der Waals surface area contributed by atoms with Gasteiger partial charge in [-0.2, -0.15) is 0 Å². The number of hydrogen-bond donors (Lipinski definition) is 1. The fourth-order valence-electron chi connectivity index (χ4n) is 1.08. The standard InChI is InChI=1S/C9H9N5O2S.C2H6/c1-17(15,16)9-3-2-7(13-14-9)12-8-6-10-4-5-11-8;1-2/h2-6H,1H3,(H,11,12,13);1-2H3. The van der Waals surface area contributed by atoms with Gasteiger partial charge in [0.15, 0.2) is 20.7 Å². The predicted molar refractivity (Wildman–Crippen MR) is 71.8 cm³/mol. The summed E-state index contributed by atoms with van der Waals surface area (Å²) in [6.07, 6.45) is 5.67. The monoisotopic (exact) mass is 281 g/mol. The van der Waals surface area contributed by atoms with Crippen molar-refractivity contribution >= 4 is 21.5 Å². The molecule has 8 heteroatoms. The number of rotatable bonds is 3. The lowest BCUT2D eigenvalue weighted by molar-refractivity contribution is 0.596. The Morgan fingerprint density at radius 3 is 2.26 bits per heavy atom. The van der Waals surface area contributed by atoms with E-state index in [9.17, 15) is 8.42 Å². The quantitative estimate of drug-likeness (QED) is 0.908. The molecule has 7 nitrogen and oxygen atoms in total. The van der Waals surface area contributed by atoms with Gasteiger partial charge in [0.25, 0.3) is 0 Å². The SMILES string of the molecule is CC.CS(=O)(=O)c1ccc(Nc2cnccn2)nn1. The fraction of sp³-hybridized carbons (Fsp3) is 0.273. The predicted octanol–water partition coefficient (Wildman–Crippen LogP) is 1.44. The van der Waals surface area contributed by atoms with Crippen molar-refractivity contribution in [3.05, 3.63) is 30.7 Å². The maximum atomic E-state index is 11.2. The minimum atomic E-state index is -3.32. The van der Waals surface area contributed by atoms with Crippen LogP contribution in [0.4, 0.5) is 11.6 Å². The molecule has 0 saturated carbocycles. The van der Waals surface area contributed by atoms with Crippen LogP contribution in [0.5, 0.6) is 0 Å². The van der Waals surface area contributed by atoms with E-state index in [4.69, 9.17) is 0 Å². The number of sulfone groups is 1. The van der Waals surface area contributed by atoms with Crippen LogP contribution in [-0.2, 0) is 9.84 Å². The van der Waals surface area contributed by atoms with Crippen LogP contribution >= 0.6 is 0 Å². The zero-order valence-corrected chi connectivity index (χ0v) is 11.7. The van der Waals surface area contributed by atoms with Crippen molar-refractivity contribution in [1.82, 2.24) is 20.2 Å². The number of hydrogen-bond acceptors (Lipinski definition) is 7. The molecule has 0 aliphatic carbocycles. The van der Waals surface area contributed by atoms with Gasteiger partial charge in [-0.3, -0.25) is 4.98 Å². The van der Waals surface area contributed by atoms with Crippen LogP contribution in [0, 0.1) is 0 Å². The molecule has 0 aliphatic rings. The fourth-order valence-corrected chi connectivity index (χ4v) is 1.58. The maximum Gasteiger partial charge on any atom is 0.194 e. The highest BCUT2D eigenvalue weighted by Gasteiger charge is 2.09. The van der Waals surface area contributed by atoms with E-state index in [1.807, 2.05) is 13.8 Å². The molecule has 2 aromatic heterocycles. The van der Waals surface area contributed by atoms with Crippen molar-refractivity contribution in [2.24, 2.45) is 0 Å². The molecule has 102 valence electrons. The summed E-state index contributed by atoms with van der Waals surface area (Å²) in [4.78, 5) is 7.85. The van der Waals surface area contributed by atoms with E-state index in [0.29, 0.717) is 11.6 Å². The zero-order valence-electron chi connectivity index (χ0n) is 10.9. The van der Waals surface area contributed by atoms with Crippen LogP contribution in [-0.4, -0.2) is 34.8 Å². The summed E-state index contributed by atoms with van der Waals surface area (Å²) in [6.45, 7) is 4.00. The third kappa shape index (κ3) is 4.59. The van der Waals surface area contributed by atoms with Crippen molar-refractivity contribution in [3.63, 3.8) is 0 Å². The highest BCUT2D eigenvalue weighted by Crippen LogP contribution is 2.11. The highest BCUT2D eigenvalue weighted by molar-refractivity contribution is 7.90. The molecule has 0 amide bonds. The normalized spacial score (nSPS) is 10.3. The Kier molecular flexibility index (Phi) is 5.31. The second-order valence-electron chi connectivity index (χ2n) is 3.24. The van der Waals surface area contributed by atoms with Crippen LogP contribution in [0.25, 0.3) is 0 Å². The van der Waals surface area contributed by atoms with Crippen LogP contribution in [0.2, 0.25) is 0 Å². The van der Waals surface area contributed by atoms with Gasteiger partial charge in [-0.15, -0.1) is 10.2 Å². The Hall–Kier alpha value is -2.09. The molecule has 1 N–H and O–H groups in total. The Labute approximate surface area is 112 Å². The molecule has 19 heavy (non-hydrogen) atoms. The van der Waals surface area contributed by atoms with Gasteiger partial charge in [0.1, 0.15) is 5.82 Å². The van der Waals surface area contributed by atoms with Crippen molar-refractivity contribution in [2.75, 3.05) is 11.6 Å². The summed E-state index contributed by atoms with van der Waals surface area (Å²) in [5, 5.41) is 10.1. The second-order valence-corrected chi connectivity index (χ2v) is 5.21. The first-order valence-corrected chi connectivity index (χ1v) is 7.52. The lowest BCUT2D eigenvalue weighted by atomic mass is 10.5. The Morgan fingerprint density at radius 1 is 1.05 bits per heavy atom. The van der Waals surface area contributed by atoms with E-state index in [0.717, 1.165) is 6.26 Å². The van der Waals surface area contributed by atoms with Gasteiger partial charge < -0.3 is 5.32 Å². The van der Waals surface area contributed by atoms with Crippen molar-refractivity contribution in [3.8, 4) is 0 Å². The van der Waals surface area contributed by atoms with Crippen molar-refractivity contribution < 1.29 is 8.42 Å². The molecule has 0 unspecified atom stereocenters. The smallest absolute Gasteiger partial charge is 0.194 e. The van der Waals surface area contributed by atoms with Gasteiger partial charge in [-0.05, 0) is 12.1 Å². The maximum absolute atomic E-state index is 11.2. The van der Waals surface area contributed by atoms with Crippen LogP contribution < -0.4 is 5.32 Å². The summed E-state index contributed by atoms with van der Waals surface area (Å²) >= 11 is 0. The molecule has 0 radical (unpaired) electrons. The van der Waals surface area contributed by atoms with Crippen LogP contribution in [0.3, 0.4) is 0 Å². The Balaban J connectivity index is 0.000000861. The van der Waals surface area contributed by atoms with Gasteiger partial charge in [0.05, 0.1) is 6.20 Å². The number of aromatic nitrogens is 4. The molecule has 0 fully saturated rings. The molecule has 0 aliphatic heterocycles. The molecule has 0 bridgehead atoms. The first-order chi connectivity index (χ1) is 9.05. The minimum absolute atomic E-state index is 0.0674. The van der Waals surface area contributed by atoms with E-state index >= 15 is 0 Å². The molecule has 0 aromatic carbocycles. The summed E-state index contributed by atoms with van der Waals surface area (Å²) < 4.78 is 22.3. The number of nitrogens with one attached hydrogen (secondary N) is 1. The van der Waals surface area contributed by atoms with Crippen molar-refractivity contribution in [2.45, 2.75) is 18.9 Å². The Morgan fingerprint density at radius 2 is 1.79 bits per heavy atom. The molecule has 0 saturated heterocycles. The van der Waals surface area contributed by atoms with E-state index in [2.05, 4.69) is 25.5 Å². The van der Waals surface area contributed by atoms with E-state index in [1.165, 1.54) is 24.5 Å². The van der Waals surface area contributed by atoms with Crippen LogP contribution in [0.1, 0.15) is 13.8 Å². The third-order valence-electron chi connectivity index (χ3n) is 1.84. The number of nitrogens with zero attached hydrogens (tertiary/aromatic N) is 4. The Bertz CT molecular complexity index is 599. The topological polar surface area (TPSA) is 97.7 Å². The molecular weight excluding hydrogens is 266 g/mol. The van der Waals surface area contributed by atoms with Gasteiger partial charge in [-0.25, -0.2) is 13.4 Å². The highest BCUT2D eigenvalue weighted by atomic mass is 32.2.